The first-order valence-electron chi connectivity index (χ1n) is 10.1. The van der Waals surface area contributed by atoms with Gasteiger partial charge >= 0.3 is 0 Å². The van der Waals surface area contributed by atoms with Crippen molar-refractivity contribution in [2.75, 3.05) is 0 Å². The van der Waals surface area contributed by atoms with Gasteiger partial charge in [-0.1, -0.05) is 17.7 Å². The lowest BCUT2D eigenvalue weighted by molar-refractivity contribution is -0.384. The summed E-state index contributed by atoms with van der Waals surface area (Å²) in [6, 6.07) is 15.3. The Kier molecular flexibility index (Phi) is 7.95. The number of ether oxygens (including phenoxy) is 1. The predicted octanol–water partition coefficient (Wildman–Crippen LogP) is 7.55. The lowest BCUT2D eigenvalue weighted by atomic mass is 10.2. The van der Waals surface area contributed by atoms with Crippen LogP contribution in [0.5, 0.6) is 5.75 Å². The summed E-state index contributed by atoms with van der Waals surface area (Å²) in [5.74, 6) is 0.340. The predicted molar refractivity (Wildman–Crippen MR) is 146 cm³/mol. The molecule has 0 saturated carbocycles. The van der Waals surface area contributed by atoms with Gasteiger partial charge in [0.25, 0.3) is 11.6 Å². The van der Waals surface area contributed by atoms with Gasteiger partial charge in [-0.2, -0.15) is 0 Å². The summed E-state index contributed by atoms with van der Waals surface area (Å²) in [7, 11) is 0. The van der Waals surface area contributed by atoms with Crippen LogP contribution in [0.3, 0.4) is 0 Å². The molecule has 0 atom stereocenters. The Balaban J connectivity index is 1.49. The van der Waals surface area contributed by atoms with Crippen molar-refractivity contribution in [1.82, 2.24) is 5.32 Å². The Morgan fingerprint density at radius 3 is 2.51 bits per heavy atom. The van der Waals surface area contributed by atoms with Crippen molar-refractivity contribution >= 4 is 83.7 Å². The van der Waals surface area contributed by atoms with Gasteiger partial charge in [0.2, 0.25) is 0 Å². The highest BCUT2D eigenvalue weighted by Gasteiger charge is 2.24. The number of non-ortho nitro benzene ring substituents is 1. The fourth-order valence-corrected chi connectivity index (χ4v) is 5.58. The second kappa shape index (κ2) is 10.9. The lowest BCUT2D eigenvalue weighted by Gasteiger charge is -2.11. The topological polar surface area (TPSA) is 93.8 Å². The van der Waals surface area contributed by atoms with Gasteiger partial charge in [-0.05, 0) is 110 Å². The molecule has 1 aliphatic rings. The molecule has 0 radical (unpaired) electrons. The number of nitro groups is 1. The first-order valence-corrected chi connectivity index (χ1v) is 12.9. The van der Waals surface area contributed by atoms with E-state index in [0.717, 1.165) is 16.7 Å². The molecule has 178 valence electrons. The largest absolute Gasteiger partial charge is 0.487 e. The molecule has 0 spiro atoms. The minimum Gasteiger partial charge on any atom is -0.487 e. The Bertz CT molecular complexity index is 1370. The Morgan fingerprint density at radius 2 is 1.86 bits per heavy atom. The molecule has 1 saturated heterocycles. The number of carbonyl (C=O) groups excluding carboxylic acids is 1. The van der Waals surface area contributed by atoms with Crippen molar-refractivity contribution in [3.8, 4) is 5.75 Å². The summed E-state index contributed by atoms with van der Waals surface area (Å²) >= 11 is 14.5. The zero-order valence-corrected chi connectivity index (χ0v) is 22.8. The Morgan fingerprint density at radius 1 is 1.17 bits per heavy atom. The molecule has 0 aliphatic carbocycles. The van der Waals surface area contributed by atoms with Gasteiger partial charge in [-0.3, -0.25) is 14.9 Å². The van der Waals surface area contributed by atoms with E-state index in [1.54, 1.807) is 24.3 Å². The van der Waals surface area contributed by atoms with Crippen LogP contribution in [0, 0.1) is 17.0 Å². The van der Waals surface area contributed by atoms with Crippen molar-refractivity contribution in [3.63, 3.8) is 0 Å². The van der Waals surface area contributed by atoms with E-state index >= 15 is 0 Å². The molecular weight excluding hydrogens is 622 g/mol. The van der Waals surface area contributed by atoms with Gasteiger partial charge in [0.15, 0.2) is 5.17 Å². The first kappa shape index (κ1) is 25.4. The number of nitrogens with one attached hydrogen (secondary N) is 1. The van der Waals surface area contributed by atoms with Crippen LogP contribution in [0.15, 0.2) is 73.4 Å². The number of hydrogen-bond donors (Lipinski definition) is 1. The number of halogens is 3. The van der Waals surface area contributed by atoms with E-state index in [9.17, 15) is 14.9 Å². The zero-order valence-electron chi connectivity index (χ0n) is 18.1. The molecule has 11 heteroatoms. The second-order valence-corrected chi connectivity index (χ2v) is 10.5. The number of rotatable bonds is 6. The molecule has 1 amide bonds. The molecule has 1 aliphatic heterocycles. The van der Waals surface area contributed by atoms with Crippen LogP contribution in [0.1, 0.15) is 16.7 Å². The number of nitrogens with zero attached hydrogens (tertiary/aromatic N) is 2. The highest BCUT2D eigenvalue weighted by atomic mass is 79.9. The third-order valence-corrected chi connectivity index (χ3v) is 7.46. The summed E-state index contributed by atoms with van der Waals surface area (Å²) in [6.07, 6.45) is 1.77. The van der Waals surface area contributed by atoms with Crippen molar-refractivity contribution in [2.24, 2.45) is 4.99 Å². The molecule has 1 fully saturated rings. The zero-order chi connectivity index (χ0) is 25.1. The summed E-state index contributed by atoms with van der Waals surface area (Å²) in [5, 5.41) is 14.7. The van der Waals surface area contributed by atoms with Gasteiger partial charge in [-0.15, -0.1) is 0 Å². The quantitative estimate of drug-likeness (QED) is 0.171. The van der Waals surface area contributed by atoms with Gasteiger partial charge in [-0.25, -0.2) is 4.99 Å². The van der Waals surface area contributed by atoms with Crippen molar-refractivity contribution in [1.29, 1.82) is 0 Å². The summed E-state index contributed by atoms with van der Waals surface area (Å²) in [5.41, 5.74) is 3.14. The molecule has 3 aromatic carbocycles. The van der Waals surface area contributed by atoms with Crippen LogP contribution < -0.4 is 10.1 Å². The van der Waals surface area contributed by atoms with E-state index in [1.807, 2.05) is 31.2 Å². The number of hydrogen-bond acceptors (Lipinski definition) is 6. The fourth-order valence-electron chi connectivity index (χ4n) is 3.13. The minimum absolute atomic E-state index is 0.0261. The molecule has 1 heterocycles. The van der Waals surface area contributed by atoms with Crippen molar-refractivity contribution < 1.29 is 14.5 Å². The molecular formula is C24H16Br2ClN3O4S. The van der Waals surface area contributed by atoms with Gasteiger partial charge < -0.3 is 10.1 Å². The van der Waals surface area contributed by atoms with Gasteiger partial charge in [0.05, 0.1) is 24.5 Å². The molecule has 35 heavy (non-hydrogen) atoms. The van der Waals surface area contributed by atoms with E-state index in [1.165, 1.54) is 23.9 Å². The Labute approximate surface area is 227 Å². The van der Waals surface area contributed by atoms with Crippen LogP contribution in [-0.4, -0.2) is 16.0 Å². The maximum absolute atomic E-state index is 12.5. The maximum atomic E-state index is 12.5. The number of carbonyl (C=O) groups is 1. The number of benzene rings is 3. The monoisotopic (exact) mass is 635 g/mol. The van der Waals surface area contributed by atoms with Crippen LogP contribution in [0.25, 0.3) is 6.08 Å². The summed E-state index contributed by atoms with van der Waals surface area (Å²) in [6.45, 7) is 2.11. The number of amides is 1. The van der Waals surface area contributed by atoms with E-state index in [0.29, 0.717) is 35.5 Å². The average Bonchev–Trinajstić information content (AvgIpc) is 3.15. The van der Waals surface area contributed by atoms with E-state index in [2.05, 4.69) is 42.2 Å². The third-order valence-electron chi connectivity index (χ3n) is 4.96. The van der Waals surface area contributed by atoms with Crippen molar-refractivity contribution in [3.05, 3.63) is 100 Å². The van der Waals surface area contributed by atoms with Crippen LogP contribution >= 0.6 is 55.2 Å². The molecule has 0 bridgehead atoms. The Hall–Kier alpha value is -2.66. The molecule has 3 aromatic rings. The third kappa shape index (κ3) is 6.13. The van der Waals surface area contributed by atoms with Crippen molar-refractivity contribution in [2.45, 2.75) is 13.5 Å². The SMILES string of the molecule is Cc1c(Cl)cccc1N=C1NC(=O)/C(=C\c2cc(Br)c(OCc3ccc([N+](=O)[O-])cc3)c(Br)c2)S1. The van der Waals surface area contributed by atoms with Gasteiger partial charge in [0, 0.05) is 17.2 Å². The average molecular weight is 638 g/mol. The molecule has 7 nitrogen and oxygen atoms in total. The van der Waals surface area contributed by atoms with Crippen LogP contribution in [0.2, 0.25) is 5.02 Å². The number of nitro benzene ring substituents is 1. The summed E-state index contributed by atoms with van der Waals surface area (Å²) < 4.78 is 7.28. The minimum atomic E-state index is -0.443. The van der Waals surface area contributed by atoms with E-state index in [-0.39, 0.29) is 18.2 Å². The second-order valence-electron chi connectivity index (χ2n) is 7.39. The summed E-state index contributed by atoms with van der Waals surface area (Å²) in [4.78, 5) is 27.9. The maximum Gasteiger partial charge on any atom is 0.269 e. The molecule has 1 N–H and O–H groups in total. The number of thioether (sulfide) groups is 1. The molecule has 0 unspecified atom stereocenters. The van der Waals surface area contributed by atoms with Crippen LogP contribution in [0.4, 0.5) is 11.4 Å². The normalized spacial score (nSPS) is 15.5. The standard InChI is InChI=1S/C24H16Br2ClN3O4S/c1-13-19(27)3-2-4-20(13)28-24-29-23(31)21(35-24)11-15-9-17(25)22(18(26)10-15)34-12-14-5-7-16(8-6-14)30(32)33/h2-11H,12H2,1H3,(H,28,29,31)/b21-11+. The molecule has 0 aromatic heterocycles. The fraction of sp³-hybridized carbons (Fsp3) is 0.0833. The molecule has 4 rings (SSSR count). The van der Waals surface area contributed by atoms with Crippen LogP contribution in [-0.2, 0) is 11.4 Å². The smallest absolute Gasteiger partial charge is 0.269 e. The van der Waals surface area contributed by atoms with E-state index in [4.69, 9.17) is 16.3 Å². The number of amidine groups is 1. The number of aliphatic imine (C=N–C) groups is 1. The highest BCUT2D eigenvalue weighted by Crippen LogP contribution is 2.37. The first-order chi connectivity index (χ1) is 16.7. The lowest BCUT2D eigenvalue weighted by Crippen LogP contribution is -2.19. The van der Waals surface area contributed by atoms with Gasteiger partial charge in [0.1, 0.15) is 12.4 Å². The van der Waals surface area contributed by atoms with E-state index < -0.39 is 4.92 Å². The highest BCUT2D eigenvalue weighted by molar-refractivity contribution is 9.11.